The van der Waals surface area contributed by atoms with Gasteiger partial charge in [0.05, 0.1) is 11.9 Å². The lowest BCUT2D eigenvalue weighted by molar-refractivity contribution is -0.144. The molecule has 2 atom stereocenters. The number of ketones is 3. The molecule has 31 heavy (non-hydrogen) atoms. The quantitative estimate of drug-likeness (QED) is 0.384. The van der Waals surface area contributed by atoms with Crippen LogP contribution in [-0.4, -0.2) is 54.1 Å². The minimum Gasteiger partial charge on any atom is -0.507 e. The van der Waals surface area contributed by atoms with E-state index in [2.05, 4.69) is 0 Å². The number of ether oxygens (including phenoxy) is 1. The van der Waals surface area contributed by atoms with Crippen molar-refractivity contribution in [1.29, 1.82) is 0 Å². The van der Waals surface area contributed by atoms with Gasteiger partial charge in [-0.15, -0.1) is 0 Å². The number of phenolic OH excluding ortho intramolecular Hbond substituents is 1. The van der Waals surface area contributed by atoms with Crippen LogP contribution in [0.5, 0.6) is 5.75 Å². The molecule has 1 aliphatic rings. The summed E-state index contributed by atoms with van der Waals surface area (Å²) in [6, 6.07) is 2.26. The summed E-state index contributed by atoms with van der Waals surface area (Å²) in [6.45, 7) is 3.32. The van der Waals surface area contributed by atoms with Gasteiger partial charge in [-0.25, -0.2) is 9.00 Å². The molecule has 0 aromatic heterocycles. The van der Waals surface area contributed by atoms with Gasteiger partial charge in [0.2, 0.25) is 11.6 Å². The highest BCUT2D eigenvalue weighted by Gasteiger charge is 2.29. The number of Topliss-reactive ketones (excluding diaryl/α,β-unsaturated/α-hetero) is 3. The molecular formula is C20H27NO9S. The number of carbonyl (C=O) groups is 4. The number of hydrogen-bond acceptors (Lipinski definition) is 7. The van der Waals surface area contributed by atoms with Crippen LogP contribution >= 0.6 is 0 Å². The maximum atomic E-state index is 12.7. The maximum Gasteiger partial charge on any atom is 0.342 e. The van der Waals surface area contributed by atoms with Gasteiger partial charge in [0.15, 0.2) is 9.81 Å². The van der Waals surface area contributed by atoms with E-state index in [1.54, 1.807) is 13.8 Å². The predicted molar refractivity (Wildman–Crippen MR) is 112 cm³/mol. The third-order valence-electron chi connectivity index (χ3n) is 5.03. The van der Waals surface area contributed by atoms with Crippen molar-refractivity contribution < 1.29 is 42.3 Å². The van der Waals surface area contributed by atoms with Crippen molar-refractivity contribution in [2.45, 2.75) is 52.1 Å². The average molecular weight is 458 g/mol. The van der Waals surface area contributed by atoms with E-state index >= 15 is 0 Å². The van der Waals surface area contributed by atoms with Gasteiger partial charge in [0.1, 0.15) is 17.4 Å². The third kappa shape index (κ3) is 6.94. The number of anilines is 1. The van der Waals surface area contributed by atoms with Gasteiger partial charge in [-0.1, -0.05) is 6.92 Å². The molecule has 4 N–H and O–H groups in total. The Balaban J connectivity index is 2.47. The van der Waals surface area contributed by atoms with Crippen LogP contribution in [0, 0.1) is 5.92 Å². The molecule has 0 aliphatic carbocycles. The molecular weight excluding hydrogens is 430 g/mol. The SMILES string of the molecule is C[C@@H]1OC(=O)c2c(O)cc(NS(C)(=O)(O)O)cc2CCCC(=O)C(=O)C(=O)CC[C@@H]1C. The molecule has 1 aromatic rings. The molecule has 0 bridgehead atoms. The highest BCUT2D eigenvalue weighted by Crippen LogP contribution is 2.32. The van der Waals surface area contributed by atoms with Crippen LogP contribution in [0.15, 0.2) is 12.1 Å². The Kier molecular flexibility index (Phi) is 7.03. The summed E-state index contributed by atoms with van der Waals surface area (Å²) in [4.78, 5) is 48.7. The van der Waals surface area contributed by atoms with E-state index in [1.165, 1.54) is 6.07 Å². The average Bonchev–Trinajstić information content (AvgIpc) is 2.61. The Hall–Kier alpha value is -2.63. The minimum atomic E-state index is -5.18. The van der Waals surface area contributed by atoms with Crippen LogP contribution < -0.4 is 4.72 Å². The van der Waals surface area contributed by atoms with Gasteiger partial charge in [-0.05, 0) is 43.7 Å². The lowest BCUT2D eigenvalue weighted by Crippen LogP contribution is -2.38. The number of hydrogen-bond donors (Lipinski definition) is 4. The van der Waals surface area contributed by atoms with E-state index in [0.29, 0.717) is 6.26 Å². The summed E-state index contributed by atoms with van der Waals surface area (Å²) in [7, 11) is -5.18. The zero-order valence-electron chi connectivity index (χ0n) is 17.5. The van der Waals surface area contributed by atoms with Crippen LogP contribution in [0.25, 0.3) is 0 Å². The molecule has 1 aliphatic heterocycles. The molecule has 0 spiro atoms. The molecule has 10 nitrogen and oxygen atoms in total. The Morgan fingerprint density at radius 1 is 1.03 bits per heavy atom. The fourth-order valence-electron chi connectivity index (χ4n) is 3.21. The van der Waals surface area contributed by atoms with E-state index in [-0.39, 0.29) is 54.8 Å². The van der Waals surface area contributed by atoms with E-state index in [4.69, 9.17) is 4.74 Å². The summed E-state index contributed by atoms with van der Waals surface area (Å²) in [6.07, 6.45) is -0.0883. The third-order valence-corrected chi connectivity index (χ3v) is 5.74. The summed E-state index contributed by atoms with van der Waals surface area (Å²) in [5, 5.41) is 10.4. The number of carbonyl (C=O) groups excluding carboxylic acids is 4. The molecule has 0 amide bonds. The fraction of sp³-hybridized carbons (Fsp3) is 0.500. The van der Waals surface area contributed by atoms with Crippen molar-refractivity contribution in [3.05, 3.63) is 23.3 Å². The first kappa shape index (κ1) is 24.6. The van der Waals surface area contributed by atoms with Crippen LogP contribution in [0.3, 0.4) is 0 Å². The zero-order valence-corrected chi connectivity index (χ0v) is 18.4. The fourth-order valence-corrected chi connectivity index (χ4v) is 3.87. The number of aromatic hydroxyl groups is 1. The molecule has 11 heteroatoms. The van der Waals surface area contributed by atoms with Gasteiger partial charge in [-0.3, -0.25) is 28.2 Å². The van der Waals surface area contributed by atoms with Gasteiger partial charge in [0, 0.05) is 18.9 Å². The summed E-state index contributed by atoms with van der Waals surface area (Å²) in [5.74, 6) is -4.39. The second kappa shape index (κ2) is 8.85. The second-order valence-electron chi connectivity index (χ2n) is 8.02. The molecule has 2 rings (SSSR count). The minimum absolute atomic E-state index is 0.0115. The van der Waals surface area contributed by atoms with Crippen molar-refractivity contribution in [3.8, 4) is 5.75 Å². The van der Waals surface area contributed by atoms with Crippen molar-refractivity contribution in [2.24, 2.45) is 5.92 Å². The second-order valence-corrected chi connectivity index (χ2v) is 10.7. The number of nitrogens with one attached hydrogen (secondary N) is 1. The van der Waals surface area contributed by atoms with Crippen molar-refractivity contribution in [1.82, 2.24) is 0 Å². The number of cyclic esters (lactones) is 1. The van der Waals surface area contributed by atoms with E-state index in [1.807, 2.05) is 4.72 Å². The van der Waals surface area contributed by atoms with Gasteiger partial charge in [-0.2, -0.15) is 0 Å². The Bertz CT molecular complexity index is 984. The first-order valence-corrected chi connectivity index (χ1v) is 12.0. The Labute approximate surface area is 179 Å². The number of rotatable bonds is 2. The largest absolute Gasteiger partial charge is 0.507 e. The van der Waals surface area contributed by atoms with Gasteiger partial charge in [0.25, 0.3) is 5.78 Å². The number of phenols is 1. The van der Waals surface area contributed by atoms with E-state index < -0.39 is 45.0 Å². The molecule has 1 aromatic carbocycles. The summed E-state index contributed by atoms with van der Waals surface area (Å²) < 4.78 is 38.3. The standard InChI is InChI=1S/C20H27NO9S/c1-11-7-8-16(23)19(25)15(22)6-4-5-13-9-14(21-31(3,27,28)29)10-17(24)18(13)20(26)30-12(11)2/h9-12,24H,4-8H2,1-3H3,(H3,21,27,28,29)/t11-,12-/m0/s1. The number of fused-ring (bicyclic) bond motifs is 1. The molecule has 1 heterocycles. The number of esters is 1. The van der Waals surface area contributed by atoms with Gasteiger partial charge < -0.3 is 9.84 Å². The molecule has 0 fully saturated rings. The van der Waals surface area contributed by atoms with Crippen LogP contribution in [0.2, 0.25) is 0 Å². The number of benzene rings is 1. The molecule has 0 unspecified atom stereocenters. The number of aryl methyl sites for hydroxylation is 1. The van der Waals surface area contributed by atoms with Crippen LogP contribution in [-0.2, 0) is 35.4 Å². The van der Waals surface area contributed by atoms with Crippen LogP contribution in [0.4, 0.5) is 5.69 Å². The molecule has 0 saturated heterocycles. The topological polar surface area (TPSA) is 167 Å². The first-order chi connectivity index (χ1) is 14.1. The highest BCUT2D eigenvalue weighted by molar-refractivity contribution is 8.10. The Morgan fingerprint density at radius 2 is 1.65 bits per heavy atom. The predicted octanol–water partition coefficient (Wildman–Crippen LogP) is 2.12. The van der Waals surface area contributed by atoms with Crippen LogP contribution in [0.1, 0.15) is 55.5 Å². The first-order valence-electron chi connectivity index (χ1n) is 9.74. The summed E-state index contributed by atoms with van der Waals surface area (Å²) >= 11 is 0. The monoisotopic (exact) mass is 457 g/mol. The van der Waals surface area contributed by atoms with E-state index in [9.17, 15) is 37.6 Å². The van der Waals surface area contributed by atoms with E-state index in [0.717, 1.165) is 6.07 Å². The van der Waals surface area contributed by atoms with Crippen molar-refractivity contribution in [3.63, 3.8) is 0 Å². The molecule has 0 radical (unpaired) electrons. The maximum absolute atomic E-state index is 12.7. The van der Waals surface area contributed by atoms with Gasteiger partial charge >= 0.3 is 5.97 Å². The highest BCUT2D eigenvalue weighted by atomic mass is 32.3. The smallest absolute Gasteiger partial charge is 0.342 e. The van der Waals surface area contributed by atoms with Crippen molar-refractivity contribution in [2.75, 3.05) is 11.0 Å². The lowest BCUT2D eigenvalue weighted by Gasteiger charge is -2.28. The molecule has 172 valence electrons. The lowest BCUT2D eigenvalue weighted by atomic mass is 9.94. The zero-order chi connectivity index (χ0) is 23.6. The van der Waals surface area contributed by atoms with Crippen molar-refractivity contribution >= 4 is 38.8 Å². The molecule has 0 saturated carbocycles. The Morgan fingerprint density at radius 3 is 2.26 bits per heavy atom. The normalized spacial score (nSPS) is 23.2. The summed E-state index contributed by atoms with van der Waals surface area (Å²) in [5.41, 5.74) is -0.159.